The minimum absolute atomic E-state index is 0.0305. The highest BCUT2D eigenvalue weighted by atomic mass is 19.3. The number of hydrogen-bond acceptors (Lipinski definition) is 4. The highest BCUT2D eigenvalue weighted by Crippen LogP contribution is 2.55. The molecule has 0 N–H and O–H groups in total. The number of fused-ring (bicyclic) bond motifs is 4. The number of likely N-dealkylation sites (tertiary alicyclic amines) is 1. The van der Waals surface area contributed by atoms with Crippen LogP contribution < -0.4 is 10.5 Å². The number of carbonyl (C=O) groups is 1. The summed E-state index contributed by atoms with van der Waals surface area (Å²) in [6.07, 6.45) is 3.80. The van der Waals surface area contributed by atoms with Crippen molar-refractivity contribution in [2.45, 2.75) is 31.1 Å². The van der Waals surface area contributed by atoms with Crippen molar-refractivity contribution in [3.05, 3.63) is 64.2 Å². The molecule has 6 nitrogen and oxygen atoms in total. The molecule has 0 spiro atoms. The van der Waals surface area contributed by atoms with E-state index in [0.29, 0.717) is 22.8 Å². The minimum Gasteiger partial charge on any atom is -0.338 e. The highest BCUT2D eigenvalue weighted by molar-refractivity contribution is 5.95. The Morgan fingerprint density at radius 3 is 2.73 bits per heavy atom. The Hall–Kier alpha value is -3.29. The third-order valence-corrected chi connectivity index (χ3v) is 7.29. The third kappa shape index (κ3) is 3.39. The zero-order valence-corrected chi connectivity index (χ0v) is 18.3. The van der Waals surface area contributed by atoms with Crippen molar-refractivity contribution < 1.29 is 13.6 Å². The van der Waals surface area contributed by atoms with Gasteiger partial charge in [0.25, 0.3) is 17.4 Å². The molecule has 2 aromatic heterocycles. The number of carbonyl (C=O) groups excluding carboxylic acids is 1. The predicted molar refractivity (Wildman–Crippen MR) is 121 cm³/mol. The predicted octanol–water partition coefficient (Wildman–Crippen LogP) is 4.06. The number of amides is 1. The zero-order chi connectivity index (χ0) is 22.9. The van der Waals surface area contributed by atoms with Crippen LogP contribution in [-0.4, -0.2) is 45.9 Å². The van der Waals surface area contributed by atoms with Gasteiger partial charge in [-0.15, -0.1) is 0 Å². The van der Waals surface area contributed by atoms with Gasteiger partial charge in [-0.3, -0.25) is 9.59 Å². The first-order valence-electron chi connectivity index (χ1n) is 11.3. The van der Waals surface area contributed by atoms with E-state index in [0.717, 1.165) is 35.4 Å². The number of halogens is 2. The van der Waals surface area contributed by atoms with Gasteiger partial charge >= 0.3 is 0 Å². The maximum absolute atomic E-state index is 13.5. The number of piperidine rings is 1. The van der Waals surface area contributed by atoms with Crippen LogP contribution in [-0.2, 0) is 7.05 Å². The van der Waals surface area contributed by atoms with E-state index < -0.39 is 5.92 Å². The molecule has 0 bridgehead atoms. The van der Waals surface area contributed by atoms with Crippen LogP contribution in [0.15, 0.2) is 47.5 Å². The number of nitrogens with zero attached hydrogens (tertiary/aromatic N) is 4. The average molecular weight is 450 g/mol. The molecule has 4 heterocycles. The number of aromatic nitrogens is 2. The molecule has 6 rings (SSSR count). The van der Waals surface area contributed by atoms with E-state index in [2.05, 4.69) is 9.88 Å². The Morgan fingerprint density at radius 1 is 1.15 bits per heavy atom. The lowest BCUT2D eigenvalue weighted by molar-refractivity contribution is -0.0494. The van der Waals surface area contributed by atoms with Gasteiger partial charge in [-0.25, -0.2) is 13.8 Å². The van der Waals surface area contributed by atoms with E-state index in [1.165, 1.54) is 4.90 Å². The second kappa shape index (κ2) is 7.10. The smallest absolute Gasteiger partial charge is 0.258 e. The molecule has 1 saturated carbocycles. The number of pyridine rings is 2. The van der Waals surface area contributed by atoms with Gasteiger partial charge in [-0.1, -0.05) is 0 Å². The fraction of sp³-hybridized carbons (Fsp3) is 0.400. The molecule has 3 aliphatic rings. The topological polar surface area (TPSA) is 58.4 Å². The van der Waals surface area contributed by atoms with Gasteiger partial charge < -0.3 is 14.4 Å². The van der Waals surface area contributed by atoms with Gasteiger partial charge in [-0.05, 0) is 59.5 Å². The Kier molecular flexibility index (Phi) is 4.38. The molecule has 0 unspecified atom stereocenters. The van der Waals surface area contributed by atoms with Crippen molar-refractivity contribution in [3.8, 4) is 0 Å². The van der Waals surface area contributed by atoms with Crippen LogP contribution >= 0.6 is 0 Å². The van der Waals surface area contributed by atoms with E-state index in [1.807, 2.05) is 30.3 Å². The Labute approximate surface area is 189 Å². The van der Waals surface area contributed by atoms with Crippen LogP contribution in [0.2, 0.25) is 0 Å². The second-order valence-corrected chi connectivity index (χ2v) is 9.50. The Bertz CT molecular complexity index is 1340. The highest BCUT2D eigenvalue weighted by Gasteiger charge is 2.46. The summed E-state index contributed by atoms with van der Waals surface area (Å²) >= 11 is 0. The average Bonchev–Trinajstić information content (AvgIpc) is 3.60. The molecule has 1 saturated heterocycles. The lowest BCUT2D eigenvalue weighted by atomic mass is 10.0. The van der Waals surface area contributed by atoms with Crippen molar-refractivity contribution >= 4 is 28.2 Å². The van der Waals surface area contributed by atoms with Crippen molar-refractivity contribution in [1.82, 2.24) is 14.5 Å². The molecule has 2 fully saturated rings. The van der Waals surface area contributed by atoms with Gasteiger partial charge in [-0.2, -0.15) is 0 Å². The zero-order valence-electron chi connectivity index (χ0n) is 18.3. The summed E-state index contributed by atoms with van der Waals surface area (Å²) in [4.78, 5) is 33.7. The standard InChI is InChI=1S/C25H24F2N4O2/c1-29-7-4-15-10-18(2-3-19(15)24(29)33)31-14-17-12-20(17)21-11-16(13-28-22(21)31)23(32)30-8-5-25(26,27)6-9-30/h2-4,7,10-11,13,17,20H,5-6,8-9,12,14H2,1H3/t17-,20-/m0/s1. The van der Waals surface area contributed by atoms with Crippen LogP contribution in [0.4, 0.5) is 20.3 Å². The summed E-state index contributed by atoms with van der Waals surface area (Å²) in [6, 6.07) is 9.66. The fourth-order valence-corrected chi connectivity index (χ4v) is 5.19. The van der Waals surface area contributed by atoms with E-state index in [1.54, 1.807) is 24.0 Å². The third-order valence-electron chi connectivity index (χ3n) is 7.29. The number of benzene rings is 1. The van der Waals surface area contributed by atoms with Crippen LogP contribution in [0, 0.1) is 5.92 Å². The number of anilines is 2. The number of aryl methyl sites for hydroxylation is 1. The van der Waals surface area contributed by atoms with Crippen LogP contribution in [0.1, 0.15) is 41.1 Å². The van der Waals surface area contributed by atoms with Crippen molar-refractivity contribution in [3.63, 3.8) is 0 Å². The molecule has 170 valence electrons. The van der Waals surface area contributed by atoms with Crippen LogP contribution in [0.3, 0.4) is 0 Å². The maximum atomic E-state index is 13.5. The number of hydrogen-bond donors (Lipinski definition) is 0. The quantitative estimate of drug-likeness (QED) is 0.591. The molecular formula is C25H24F2N4O2. The minimum atomic E-state index is -2.68. The first kappa shape index (κ1) is 20.3. The maximum Gasteiger partial charge on any atom is 0.258 e. The summed E-state index contributed by atoms with van der Waals surface area (Å²) in [7, 11) is 1.74. The monoisotopic (exact) mass is 450 g/mol. The number of rotatable bonds is 2. The van der Waals surface area contributed by atoms with Gasteiger partial charge in [0.1, 0.15) is 5.82 Å². The van der Waals surface area contributed by atoms with Gasteiger partial charge in [0.15, 0.2) is 0 Å². The fourth-order valence-electron chi connectivity index (χ4n) is 5.19. The summed E-state index contributed by atoms with van der Waals surface area (Å²) in [6.45, 7) is 0.977. The van der Waals surface area contributed by atoms with Gasteiger partial charge in [0, 0.05) is 63.0 Å². The molecule has 1 aliphatic carbocycles. The molecule has 2 aliphatic heterocycles. The van der Waals surface area contributed by atoms with Crippen molar-refractivity contribution in [2.24, 2.45) is 13.0 Å². The number of alkyl halides is 2. The van der Waals surface area contributed by atoms with E-state index >= 15 is 0 Å². The van der Waals surface area contributed by atoms with E-state index in [4.69, 9.17) is 0 Å². The second-order valence-electron chi connectivity index (χ2n) is 9.50. The Balaban J connectivity index is 1.33. The molecular weight excluding hydrogens is 426 g/mol. The molecule has 3 aromatic rings. The van der Waals surface area contributed by atoms with E-state index in [-0.39, 0.29) is 37.4 Å². The first-order chi connectivity index (χ1) is 15.8. The van der Waals surface area contributed by atoms with Gasteiger partial charge in [0.2, 0.25) is 0 Å². The van der Waals surface area contributed by atoms with Gasteiger partial charge in [0.05, 0.1) is 5.56 Å². The Morgan fingerprint density at radius 2 is 1.94 bits per heavy atom. The molecule has 8 heteroatoms. The summed E-state index contributed by atoms with van der Waals surface area (Å²) in [5, 5.41) is 1.55. The lowest BCUT2D eigenvalue weighted by Gasteiger charge is -2.33. The molecule has 1 amide bonds. The molecule has 1 aromatic carbocycles. The van der Waals surface area contributed by atoms with Crippen molar-refractivity contribution in [2.75, 3.05) is 24.5 Å². The first-order valence-corrected chi connectivity index (χ1v) is 11.3. The van der Waals surface area contributed by atoms with Crippen molar-refractivity contribution in [1.29, 1.82) is 0 Å². The molecule has 33 heavy (non-hydrogen) atoms. The SMILES string of the molecule is Cn1ccc2cc(N3C[C@@H]4C[C@@H]4c4cc(C(=O)N5CCC(F)(F)CC5)cnc43)ccc2c1=O. The summed E-state index contributed by atoms with van der Waals surface area (Å²) in [5.74, 6) is -1.19. The van der Waals surface area contributed by atoms with Crippen LogP contribution in [0.5, 0.6) is 0 Å². The summed E-state index contributed by atoms with van der Waals surface area (Å²) in [5.41, 5.74) is 2.45. The molecule has 2 atom stereocenters. The normalized spacial score (nSPS) is 23.2. The largest absolute Gasteiger partial charge is 0.338 e. The lowest BCUT2D eigenvalue weighted by Crippen LogP contribution is -2.42. The molecule has 0 radical (unpaired) electrons. The van der Waals surface area contributed by atoms with Crippen LogP contribution in [0.25, 0.3) is 10.8 Å². The summed E-state index contributed by atoms with van der Waals surface area (Å²) < 4.78 is 28.6. The van der Waals surface area contributed by atoms with E-state index in [9.17, 15) is 18.4 Å².